The second kappa shape index (κ2) is 5.73. The van der Waals surface area contributed by atoms with Crippen molar-refractivity contribution in [1.82, 2.24) is 9.88 Å². The summed E-state index contributed by atoms with van der Waals surface area (Å²) in [6.45, 7) is 13.1. The first-order valence-electron chi connectivity index (χ1n) is 8.61. The van der Waals surface area contributed by atoms with E-state index in [1.54, 1.807) is 0 Å². The molecule has 0 saturated carbocycles. The smallest absolute Gasteiger partial charge is 0.155 e. The molecule has 1 aromatic heterocycles. The molecule has 3 rings (SSSR count). The molecule has 1 atom stereocenters. The maximum atomic E-state index is 5.15. The van der Waals surface area contributed by atoms with E-state index in [1.807, 2.05) is 12.4 Å². The first-order valence-corrected chi connectivity index (χ1v) is 8.61. The van der Waals surface area contributed by atoms with Gasteiger partial charge in [-0.1, -0.05) is 31.5 Å². The Hall–Kier alpha value is -2.16. The molecule has 2 heterocycles. The second-order valence-corrected chi connectivity index (χ2v) is 7.44. The van der Waals surface area contributed by atoms with Crippen molar-refractivity contribution in [3.8, 4) is 0 Å². The molecule has 24 heavy (non-hydrogen) atoms. The molecular formula is C21H27N3. The Labute approximate surface area is 144 Å². The number of hydrogen-bond donors (Lipinski definition) is 0. The summed E-state index contributed by atoms with van der Waals surface area (Å²) in [5.74, 6) is 0.430. The minimum atomic E-state index is -0.412. The fourth-order valence-electron chi connectivity index (χ4n) is 3.58. The van der Waals surface area contributed by atoms with Crippen molar-refractivity contribution < 1.29 is 0 Å². The van der Waals surface area contributed by atoms with Gasteiger partial charge in [-0.2, -0.15) is 0 Å². The number of aryl methyl sites for hydroxylation is 2. The number of nitrogens with zero attached hydrogens (tertiary/aromatic N) is 3. The van der Waals surface area contributed by atoms with Gasteiger partial charge in [0, 0.05) is 30.2 Å². The van der Waals surface area contributed by atoms with E-state index in [0.29, 0.717) is 5.92 Å². The molecule has 0 N–H and O–H groups in total. The Kier molecular flexibility index (Phi) is 3.98. The molecule has 0 saturated heterocycles. The van der Waals surface area contributed by atoms with Crippen molar-refractivity contribution >= 4 is 6.20 Å². The molecule has 0 aliphatic carbocycles. The van der Waals surface area contributed by atoms with Gasteiger partial charge in [-0.15, -0.1) is 0 Å². The van der Waals surface area contributed by atoms with Crippen molar-refractivity contribution in [3.05, 3.63) is 62.9 Å². The van der Waals surface area contributed by atoms with Crippen LogP contribution in [0.1, 0.15) is 54.5 Å². The molecule has 3 nitrogen and oxygen atoms in total. The van der Waals surface area contributed by atoms with E-state index < -0.39 is 5.66 Å². The third-order valence-corrected chi connectivity index (χ3v) is 5.29. The summed E-state index contributed by atoms with van der Waals surface area (Å²) in [5, 5.41) is 2.18. The third-order valence-electron chi connectivity index (χ3n) is 5.29. The van der Waals surface area contributed by atoms with E-state index in [4.69, 9.17) is 4.99 Å². The quantitative estimate of drug-likeness (QED) is 0.849. The fraction of sp³-hybridized carbons (Fsp3) is 0.429. The summed E-state index contributed by atoms with van der Waals surface area (Å²) in [6, 6.07) is 4.50. The van der Waals surface area contributed by atoms with Crippen LogP contribution in [0.5, 0.6) is 0 Å². The van der Waals surface area contributed by atoms with Crippen LogP contribution < -0.4 is 10.6 Å². The van der Waals surface area contributed by atoms with Crippen LogP contribution in [0.4, 0.5) is 0 Å². The third kappa shape index (κ3) is 2.52. The van der Waals surface area contributed by atoms with E-state index in [2.05, 4.69) is 76.8 Å². The molecule has 0 bridgehead atoms. The predicted octanol–water partition coefficient (Wildman–Crippen LogP) is 3.31. The van der Waals surface area contributed by atoms with Crippen LogP contribution in [0.2, 0.25) is 0 Å². The van der Waals surface area contributed by atoms with Crippen molar-refractivity contribution in [2.75, 3.05) is 7.05 Å². The average Bonchev–Trinajstić information content (AvgIpc) is 2.51. The number of fused-ring (bicyclic) bond motifs is 1. The maximum Gasteiger partial charge on any atom is 0.155 e. The lowest BCUT2D eigenvalue weighted by Crippen LogP contribution is -2.48. The summed E-state index contributed by atoms with van der Waals surface area (Å²) in [7, 11) is 2.12. The maximum absolute atomic E-state index is 5.15. The molecular weight excluding hydrogens is 294 g/mol. The molecule has 3 heteroatoms. The van der Waals surface area contributed by atoms with E-state index in [0.717, 1.165) is 5.36 Å². The lowest BCUT2D eigenvalue weighted by Gasteiger charge is -2.39. The van der Waals surface area contributed by atoms with Gasteiger partial charge < -0.3 is 4.90 Å². The minimum Gasteiger partial charge on any atom is -0.352 e. The van der Waals surface area contributed by atoms with Gasteiger partial charge >= 0.3 is 0 Å². The lowest BCUT2D eigenvalue weighted by molar-refractivity contribution is 0.224. The van der Waals surface area contributed by atoms with Crippen molar-refractivity contribution in [2.45, 2.75) is 53.1 Å². The van der Waals surface area contributed by atoms with Crippen LogP contribution in [-0.2, 0) is 5.66 Å². The highest BCUT2D eigenvalue weighted by molar-refractivity contribution is 5.44. The highest BCUT2D eigenvalue weighted by Crippen LogP contribution is 2.34. The Bertz CT molecular complexity index is 911. The molecule has 0 fully saturated rings. The normalized spacial score (nSPS) is 19.8. The lowest BCUT2D eigenvalue weighted by atomic mass is 9.90. The summed E-state index contributed by atoms with van der Waals surface area (Å²) in [5.41, 5.74) is 6.00. The molecule has 1 aliphatic rings. The van der Waals surface area contributed by atoms with Crippen LogP contribution in [0.15, 0.2) is 29.5 Å². The standard InChI is InChI=1S/C21H27N3/c1-13(2)17-10-22-11-20-18(17)12-24(7)21(6,23-20)19-9-14(3)8-15(4)16(19)5/h8-13H,1-7H3. The van der Waals surface area contributed by atoms with Gasteiger partial charge in [-0.05, 0) is 50.3 Å². The van der Waals surface area contributed by atoms with E-state index in [-0.39, 0.29) is 0 Å². The summed E-state index contributed by atoms with van der Waals surface area (Å²) in [4.78, 5) is 11.8. The monoisotopic (exact) mass is 321 g/mol. The molecule has 0 spiro atoms. The zero-order chi connectivity index (χ0) is 17.6. The predicted molar refractivity (Wildman–Crippen MR) is 99.3 cm³/mol. The summed E-state index contributed by atoms with van der Waals surface area (Å²) < 4.78 is 0. The van der Waals surface area contributed by atoms with E-state index in [1.165, 1.54) is 33.0 Å². The molecule has 0 amide bonds. The van der Waals surface area contributed by atoms with Gasteiger partial charge in [0.25, 0.3) is 0 Å². The Morgan fingerprint density at radius 1 is 1.08 bits per heavy atom. The first kappa shape index (κ1) is 16.7. The van der Waals surface area contributed by atoms with Gasteiger partial charge in [0.2, 0.25) is 0 Å². The van der Waals surface area contributed by atoms with Crippen LogP contribution in [0.25, 0.3) is 6.20 Å². The molecule has 126 valence electrons. The van der Waals surface area contributed by atoms with E-state index >= 15 is 0 Å². The average molecular weight is 321 g/mol. The number of aromatic nitrogens is 1. The Morgan fingerprint density at radius 2 is 1.79 bits per heavy atom. The van der Waals surface area contributed by atoms with Gasteiger partial charge in [0.1, 0.15) is 0 Å². The van der Waals surface area contributed by atoms with E-state index in [9.17, 15) is 0 Å². The zero-order valence-corrected chi connectivity index (χ0v) is 15.8. The number of benzene rings is 1. The fourth-order valence-corrected chi connectivity index (χ4v) is 3.58. The van der Waals surface area contributed by atoms with Crippen LogP contribution in [0.3, 0.4) is 0 Å². The highest BCUT2D eigenvalue weighted by atomic mass is 15.3. The molecule has 2 aromatic rings. The van der Waals surface area contributed by atoms with Crippen molar-refractivity contribution in [1.29, 1.82) is 0 Å². The van der Waals surface area contributed by atoms with Crippen molar-refractivity contribution in [2.24, 2.45) is 4.99 Å². The molecule has 1 unspecified atom stereocenters. The minimum absolute atomic E-state index is 0.412. The zero-order valence-electron chi connectivity index (χ0n) is 15.8. The molecule has 0 radical (unpaired) electrons. The second-order valence-electron chi connectivity index (χ2n) is 7.44. The SMILES string of the molecule is Cc1cc(C)c(C)c(C2(C)N=c3cncc(C(C)C)c3=CN2C)c1. The van der Waals surface area contributed by atoms with Gasteiger partial charge in [-0.25, -0.2) is 0 Å². The van der Waals surface area contributed by atoms with Gasteiger partial charge in [-0.3, -0.25) is 9.98 Å². The van der Waals surface area contributed by atoms with Crippen LogP contribution >= 0.6 is 0 Å². The van der Waals surface area contributed by atoms with Crippen LogP contribution in [0, 0.1) is 20.8 Å². The Morgan fingerprint density at radius 3 is 2.46 bits per heavy atom. The number of rotatable bonds is 2. The topological polar surface area (TPSA) is 28.5 Å². The summed E-state index contributed by atoms with van der Waals surface area (Å²) >= 11 is 0. The number of pyridine rings is 1. The number of hydrogen-bond acceptors (Lipinski definition) is 3. The Balaban J connectivity index is 2.30. The molecule has 1 aromatic carbocycles. The molecule has 1 aliphatic heterocycles. The van der Waals surface area contributed by atoms with Crippen molar-refractivity contribution in [3.63, 3.8) is 0 Å². The van der Waals surface area contributed by atoms with Crippen LogP contribution in [-0.4, -0.2) is 16.9 Å². The first-order chi connectivity index (χ1) is 11.2. The van der Waals surface area contributed by atoms with Gasteiger partial charge in [0.05, 0.1) is 11.6 Å². The largest absolute Gasteiger partial charge is 0.352 e. The summed E-state index contributed by atoms with van der Waals surface area (Å²) in [6.07, 6.45) is 6.09. The highest BCUT2D eigenvalue weighted by Gasteiger charge is 2.33. The van der Waals surface area contributed by atoms with Gasteiger partial charge in [0.15, 0.2) is 5.66 Å².